The van der Waals surface area contributed by atoms with E-state index in [2.05, 4.69) is 19.1 Å². The number of rotatable bonds is 2. The quantitative estimate of drug-likeness (QED) is 0.632. The molecular formula is C12H16O. The fourth-order valence-electron chi connectivity index (χ4n) is 1.80. The van der Waals surface area contributed by atoms with Crippen molar-refractivity contribution >= 4 is 5.78 Å². The van der Waals surface area contributed by atoms with E-state index in [0.29, 0.717) is 6.42 Å². The topological polar surface area (TPSA) is 17.1 Å². The van der Waals surface area contributed by atoms with E-state index in [1.165, 1.54) is 5.56 Å². The molecule has 1 aromatic carbocycles. The maximum absolute atomic E-state index is 11.6. The maximum atomic E-state index is 11.6. The number of hydrogen-bond acceptors (Lipinski definition) is 1. The Morgan fingerprint density at radius 2 is 1.62 bits per heavy atom. The van der Waals surface area contributed by atoms with Gasteiger partial charge in [-0.25, -0.2) is 0 Å². The minimum atomic E-state index is 0.245. The van der Waals surface area contributed by atoms with Crippen LogP contribution in [0.3, 0.4) is 0 Å². The molecule has 0 fully saturated rings. The highest BCUT2D eigenvalue weighted by Gasteiger charge is 2.09. The number of hydrogen-bond donors (Lipinski definition) is 0. The molecule has 0 aliphatic heterocycles. The van der Waals surface area contributed by atoms with E-state index in [1.54, 1.807) is 0 Å². The summed E-state index contributed by atoms with van der Waals surface area (Å²) < 4.78 is 0. The van der Waals surface area contributed by atoms with Gasteiger partial charge >= 0.3 is 0 Å². The Hall–Kier alpha value is -1.11. The van der Waals surface area contributed by atoms with E-state index in [1.807, 2.05) is 20.8 Å². The molecule has 0 radical (unpaired) electrons. The zero-order chi connectivity index (χ0) is 10.0. The molecule has 0 atom stereocenters. The lowest BCUT2D eigenvalue weighted by Crippen LogP contribution is -2.03. The van der Waals surface area contributed by atoms with Gasteiger partial charge in [-0.1, -0.05) is 24.6 Å². The van der Waals surface area contributed by atoms with Gasteiger partial charge in [0, 0.05) is 12.0 Å². The van der Waals surface area contributed by atoms with Gasteiger partial charge in [0.05, 0.1) is 0 Å². The van der Waals surface area contributed by atoms with Crippen LogP contribution < -0.4 is 0 Å². The van der Waals surface area contributed by atoms with Gasteiger partial charge in [-0.15, -0.1) is 0 Å². The lowest BCUT2D eigenvalue weighted by atomic mass is 9.96. The largest absolute Gasteiger partial charge is 0.294 e. The predicted octanol–water partition coefficient (Wildman–Crippen LogP) is 3.20. The van der Waals surface area contributed by atoms with Gasteiger partial charge in [0.15, 0.2) is 5.78 Å². The van der Waals surface area contributed by atoms with E-state index in [-0.39, 0.29) is 5.78 Å². The van der Waals surface area contributed by atoms with Crippen molar-refractivity contribution in [2.24, 2.45) is 0 Å². The molecule has 0 aliphatic rings. The summed E-state index contributed by atoms with van der Waals surface area (Å²) in [6.07, 6.45) is 0.588. The number of benzene rings is 1. The van der Waals surface area contributed by atoms with Crippen molar-refractivity contribution in [3.05, 3.63) is 34.4 Å². The van der Waals surface area contributed by atoms with Crippen LogP contribution >= 0.6 is 0 Å². The van der Waals surface area contributed by atoms with Crippen molar-refractivity contribution in [2.45, 2.75) is 34.1 Å². The molecule has 0 amide bonds. The molecule has 0 saturated carbocycles. The standard InChI is InChI=1S/C12H16O/c1-5-11(13)12-9(3)6-8(2)7-10(12)4/h6-7H,5H2,1-4H3. The lowest BCUT2D eigenvalue weighted by Gasteiger charge is -2.08. The molecule has 13 heavy (non-hydrogen) atoms. The second kappa shape index (κ2) is 3.73. The van der Waals surface area contributed by atoms with Gasteiger partial charge in [0.1, 0.15) is 0 Å². The lowest BCUT2D eigenvalue weighted by molar-refractivity contribution is 0.0987. The van der Waals surface area contributed by atoms with Gasteiger partial charge in [-0.05, 0) is 31.9 Å². The Morgan fingerprint density at radius 3 is 2.00 bits per heavy atom. The molecule has 0 spiro atoms. The van der Waals surface area contributed by atoms with Gasteiger partial charge in [0.2, 0.25) is 0 Å². The fraction of sp³-hybridized carbons (Fsp3) is 0.417. The second-order valence-corrected chi connectivity index (χ2v) is 3.55. The Labute approximate surface area is 79.8 Å². The van der Waals surface area contributed by atoms with Gasteiger partial charge in [-0.3, -0.25) is 4.79 Å². The summed E-state index contributed by atoms with van der Waals surface area (Å²) >= 11 is 0. The minimum absolute atomic E-state index is 0.245. The molecule has 0 bridgehead atoms. The highest BCUT2D eigenvalue weighted by molar-refractivity contribution is 5.98. The first-order valence-electron chi connectivity index (χ1n) is 4.67. The Kier molecular flexibility index (Phi) is 2.86. The highest BCUT2D eigenvalue weighted by atomic mass is 16.1. The van der Waals surface area contributed by atoms with Crippen LogP contribution in [0, 0.1) is 20.8 Å². The van der Waals surface area contributed by atoms with E-state index in [4.69, 9.17) is 0 Å². The van der Waals surface area contributed by atoms with E-state index in [0.717, 1.165) is 16.7 Å². The molecule has 0 aromatic heterocycles. The summed E-state index contributed by atoms with van der Waals surface area (Å²) in [5, 5.41) is 0. The minimum Gasteiger partial charge on any atom is -0.294 e. The van der Waals surface area contributed by atoms with Crippen molar-refractivity contribution in [2.75, 3.05) is 0 Å². The van der Waals surface area contributed by atoms with Crippen molar-refractivity contribution < 1.29 is 4.79 Å². The first-order chi connectivity index (χ1) is 6.06. The van der Waals surface area contributed by atoms with Crippen molar-refractivity contribution in [1.29, 1.82) is 0 Å². The second-order valence-electron chi connectivity index (χ2n) is 3.55. The molecule has 0 N–H and O–H groups in total. The van der Waals surface area contributed by atoms with Crippen LogP contribution in [0.25, 0.3) is 0 Å². The summed E-state index contributed by atoms with van der Waals surface area (Å²) in [6.45, 7) is 7.97. The van der Waals surface area contributed by atoms with E-state index < -0.39 is 0 Å². The van der Waals surface area contributed by atoms with Gasteiger partial charge in [-0.2, -0.15) is 0 Å². The normalized spacial score (nSPS) is 10.2. The van der Waals surface area contributed by atoms with Crippen LogP contribution in [-0.4, -0.2) is 5.78 Å². The fourth-order valence-corrected chi connectivity index (χ4v) is 1.80. The van der Waals surface area contributed by atoms with Crippen molar-refractivity contribution in [1.82, 2.24) is 0 Å². The van der Waals surface area contributed by atoms with Crippen LogP contribution in [-0.2, 0) is 0 Å². The summed E-state index contributed by atoms with van der Waals surface area (Å²) in [7, 11) is 0. The van der Waals surface area contributed by atoms with Gasteiger partial charge < -0.3 is 0 Å². The number of carbonyl (C=O) groups excluding carboxylic acids is 1. The Morgan fingerprint density at radius 1 is 1.15 bits per heavy atom. The van der Waals surface area contributed by atoms with Crippen LogP contribution in [0.4, 0.5) is 0 Å². The Balaban J connectivity index is 3.28. The molecule has 1 nitrogen and oxygen atoms in total. The monoisotopic (exact) mass is 176 g/mol. The van der Waals surface area contributed by atoms with Crippen LogP contribution in [0.2, 0.25) is 0 Å². The predicted molar refractivity (Wildman–Crippen MR) is 55.3 cm³/mol. The third kappa shape index (κ3) is 1.97. The molecule has 70 valence electrons. The molecule has 0 aliphatic carbocycles. The summed E-state index contributed by atoms with van der Waals surface area (Å²) in [6, 6.07) is 4.13. The SMILES string of the molecule is CCC(=O)c1c(C)cc(C)cc1C. The van der Waals surface area contributed by atoms with Crippen molar-refractivity contribution in [3.8, 4) is 0 Å². The molecule has 1 aromatic rings. The molecule has 1 rings (SSSR count). The van der Waals surface area contributed by atoms with Crippen LogP contribution in [0.15, 0.2) is 12.1 Å². The zero-order valence-corrected chi connectivity index (χ0v) is 8.77. The van der Waals surface area contributed by atoms with Crippen molar-refractivity contribution in [3.63, 3.8) is 0 Å². The average Bonchev–Trinajstić information content (AvgIpc) is 2.02. The molecular weight excluding hydrogens is 160 g/mol. The smallest absolute Gasteiger partial charge is 0.163 e. The number of Topliss-reactive ketones (excluding diaryl/α,β-unsaturated/α-hetero) is 1. The number of carbonyl (C=O) groups is 1. The van der Waals surface area contributed by atoms with E-state index in [9.17, 15) is 4.79 Å². The maximum Gasteiger partial charge on any atom is 0.163 e. The highest BCUT2D eigenvalue weighted by Crippen LogP contribution is 2.17. The van der Waals surface area contributed by atoms with Crippen LogP contribution in [0.1, 0.15) is 40.4 Å². The van der Waals surface area contributed by atoms with Gasteiger partial charge in [0.25, 0.3) is 0 Å². The molecule has 1 heteroatoms. The first kappa shape index (κ1) is 9.97. The third-order valence-electron chi connectivity index (χ3n) is 2.28. The zero-order valence-electron chi connectivity index (χ0n) is 8.77. The summed E-state index contributed by atoms with van der Waals surface area (Å²) in [5.41, 5.74) is 4.34. The number of aryl methyl sites for hydroxylation is 3. The van der Waals surface area contributed by atoms with E-state index >= 15 is 0 Å². The Bertz CT molecular complexity index is 314. The first-order valence-corrected chi connectivity index (χ1v) is 4.67. The number of ketones is 1. The molecule has 0 unspecified atom stereocenters. The average molecular weight is 176 g/mol. The summed E-state index contributed by atoms with van der Waals surface area (Å²) in [5.74, 6) is 0.245. The molecule has 0 heterocycles. The van der Waals surface area contributed by atoms with Crippen LogP contribution in [0.5, 0.6) is 0 Å². The third-order valence-corrected chi connectivity index (χ3v) is 2.28. The molecule has 0 saturated heterocycles. The summed E-state index contributed by atoms with van der Waals surface area (Å²) in [4.78, 5) is 11.6.